The summed E-state index contributed by atoms with van der Waals surface area (Å²) in [5.74, 6) is 1.27. The molecule has 0 aromatic heterocycles. The summed E-state index contributed by atoms with van der Waals surface area (Å²) in [5.41, 5.74) is 9.73. The van der Waals surface area contributed by atoms with Gasteiger partial charge in [0.05, 0.1) is 20.3 Å². The summed E-state index contributed by atoms with van der Waals surface area (Å²) in [6.45, 7) is 0.598. The van der Waals surface area contributed by atoms with Crippen molar-refractivity contribution in [3.8, 4) is 11.5 Å². The molecule has 2 aromatic carbocycles. The summed E-state index contributed by atoms with van der Waals surface area (Å²) >= 11 is 6.14. The van der Waals surface area contributed by atoms with Gasteiger partial charge in [0.1, 0.15) is 0 Å². The number of carbonyl (C=O) groups excluding carboxylic acids is 1. The highest BCUT2D eigenvalue weighted by atomic mass is 35.5. The normalized spacial score (nSPS) is 16.8. The average Bonchev–Trinajstić information content (AvgIpc) is 2.68. The van der Waals surface area contributed by atoms with E-state index in [4.69, 9.17) is 26.8 Å². The molecule has 1 aliphatic rings. The highest BCUT2D eigenvalue weighted by molar-refractivity contribution is 6.30. The van der Waals surface area contributed by atoms with Gasteiger partial charge in [-0.2, -0.15) is 0 Å². The summed E-state index contributed by atoms with van der Waals surface area (Å²) in [7, 11) is 3.18. The van der Waals surface area contributed by atoms with Gasteiger partial charge in [0.2, 0.25) is 6.41 Å². The molecule has 0 spiro atoms. The van der Waals surface area contributed by atoms with Crippen LogP contribution in [0.2, 0.25) is 5.02 Å². The molecule has 6 heteroatoms. The van der Waals surface area contributed by atoms with E-state index in [0.29, 0.717) is 35.2 Å². The quantitative estimate of drug-likeness (QED) is 0.638. The van der Waals surface area contributed by atoms with Crippen molar-refractivity contribution in [3.63, 3.8) is 0 Å². The smallest absolute Gasteiger partial charge is 0.210 e. The number of ether oxygens (including phenoxy) is 2. The minimum atomic E-state index is -0.213. The Balaban J connectivity index is 2.05. The maximum Gasteiger partial charge on any atom is 0.210 e. The Labute approximate surface area is 158 Å². The van der Waals surface area contributed by atoms with Crippen LogP contribution in [0.1, 0.15) is 23.6 Å². The molecule has 0 saturated carbocycles. The third-order valence-electron chi connectivity index (χ3n) is 4.60. The van der Waals surface area contributed by atoms with Crippen molar-refractivity contribution >= 4 is 29.3 Å². The van der Waals surface area contributed by atoms with Crippen LogP contribution in [-0.2, 0) is 4.79 Å². The monoisotopic (exact) mass is 372 g/mol. The number of anilines is 1. The first kappa shape index (κ1) is 18.1. The lowest BCUT2D eigenvalue weighted by Crippen LogP contribution is -2.30. The Morgan fingerprint density at radius 1 is 1.15 bits per heavy atom. The summed E-state index contributed by atoms with van der Waals surface area (Å²) in [4.78, 5) is 13.3. The van der Waals surface area contributed by atoms with Crippen LogP contribution in [0.15, 0.2) is 42.5 Å². The Hall–Kier alpha value is -2.66. The predicted molar refractivity (Wildman–Crippen MR) is 104 cm³/mol. The van der Waals surface area contributed by atoms with E-state index < -0.39 is 0 Å². The van der Waals surface area contributed by atoms with Crippen LogP contribution >= 0.6 is 11.6 Å². The van der Waals surface area contributed by atoms with Gasteiger partial charge in [-0.05, 0) is 47.9 Å². The summed E-state index contributed by atoms with van der Waals surface area (Å²) in [6.07, 6.45) is 3.64. The molecule has 5 nitrogen and oxygen atoms in total. The van der Waals surface area contributed by atoms with Crippen molar-refractivity contribution < 1.29 is 14.3 Å². The van der Waals surface area contributed by atoms with Gasteiger partial charge in [-0.1, -0.05) is 23.7 Å². The van der Waals surface area contributed by atoms with E-state index in [9.17, 15) is 4.79 Å². The van der Waals surface area contributed by atoms with Gasteiger partial charge in [0.25, 0.3) is 0 Å². The second kappa shape index (κ2) is 7.70. The molecule has 1 aliphatic heterocycles. The number of halogens is 1. The van der Waals surface area contributed by atoms with E-state index in [-0.39, 0.29) is 6.04 Å². The van der Waals surface area contributed by atoms with Crippen molar-refractivity contribution in [2.45, 2.75) is 12.5 Å². The molecule has 0 bridgehead atoms. The molecular formula is C20H21ClN2O3. The third-order valence-corrected chi connectivity index (χ3v) is 4.84. The minimum Gasteiger partial charge on any atom is -0.493 e. The molecule has 1 heterocycles. The molecule has 0 aliphatic carbocycles. The lowest BCUT2D eigenvalue weighted by molar-refractivity contribution is -0.119. The second-order valence-electron chi connectivity index (χ2n) is 6.08. The number of carbonyl (C=O) groups is 1. The molecule has 136 valence electrons. The molecule has 0 fully saturated rings. The number of nitrogens with two attached hydrogens (primary N) is 1. The van der Waals surface area contributed by atoms with Gasteiger partial charge in [0, 0.05) is 22.8 Å². The lowest BCUT2D eigenvalue weighted by Gasteiger charge is -2.32. The van der Waals surface area contributed by atoms with E-state index in [1.807, 2.05) is 24.3 Å². The van der Waals surface area contributed by atoms with Gasteiger partial charge in [-0.25, -0.2) is 0 Å². The maximum atomic E-state index is 11.6. The summed E-state index contributed by atoms with van der Waals surface area (Å²) in [5, 5.41) is 0.635. The van der Waals surface area contributed by atoms with Crippen LogP contribution in [0.5, 0.6) is 11.5 Å². The molecule has 3 rings (SSSR count). The summed E-state index contributed by atoms with van der Waals surface area (Å²) < 4.78 is 10.7. The molecule has 2 N–H and O–H groups in total. The molecule has 1 unspecified atom stereocenters. The predicted octanol–water partition coefficient (Wildman–Crippen LogP) is 3.93. The van der Waals surface area contributed by atoms with Gasteiger partial charge in [-0.3, -0.25) is 4.79 Å². The number of benzene rings is 2. The van der Waals surface area contributed by atoms with Crippen molar-refractivity contribution in [2.24, 2.45) is 0 Å². The number of hydrogen-bond donors (Lipinski definition) is 1. The lowest BCUT2D eigenvalue weighted by atomic mass is 9.91. The van der Waals surface area contributed by atoms with Crippen molar-refractivity contribution in [1.29, 1.82) is 0 Å². The van der Waals surface area contributed by atoms with E-state index in [2.05, 4.69) is 6.08 Å². The van der Waals surface area contributed by atoms with E-state index >= 15 is 0 Å². The fourth-order valence-electron chi connectivity index (χ4n) is 3.23. The number of rotatable bonds is 5. The Bertz CT molecular complexity index is 851. The van der Waals surface area contributed by atoms with Crippen LogP contribution in [0.3, 0.4) is 0 Å². The van der Waals surface area contributed by atoms with Crippen molar-refractivity contribution in [1.82, 2.24) is 4.90 Å². The molecule has 2 aromatic rings. The molecule has 26 heavy (non-hydrogen) atoms. The Morgan fingerprint density at radius 3 is 2.62 bits per heavy atom. The fraction of sp³-hybridized carbons (Fsp3) is 0.250. The zero-order valence-electron chi connectivity index (χ0n) is 14.7. The molecule has 1 atom stereocenters. The fourth-order valence-corrected chi connectivity index (χ4v) is 3.40. The zero-order valence-corrected chi connectivity index (χ0v) is 15.5. The Kier molecular flexibility index (Phi) is 5.38. The maximum absolute atomic E-state index is 11.6. The number of amides is 1. The van der Waals surface area contributed by atoms with Crippen molar-refractivity contribution in [3.05, 3.63) is 58.6 Å². The number of hydrogen-bond acceptors (Lipinski definition) is 4. The van der Waals surface area contributed by atoms with Crippen LogP contribution in [0.25, 0.3) is 5.57 Å². The zero-order chi connectivity index (χ0) is 18.7. The highest BCUT2D eigenvalue weighted by Crippen LogP contribution is 2.38. The van der Waals surface area contributed by atoms with E-state index in [0.717, 1.165) is 23.1 Å². The van der Waals surface area contributed by atoms with Gasteiger partial charge >= 0.3 is 0 Å². The minimum absolute atomic E-state index is 0.213. The van der Waals surface area contributed by atoms with Crippen LogP contribution < -0.4 is 15.2 Å². The Morgan fingerprint density at radius 2 is 1.92 bits per heavy atom. The molecule has 0 radical (unpaired) electrons. The van der Waals surface area contributed by atoms with Crippen LogP contribution in [-0.4, -0.2) is 32.1 Å². The summed E-state index contributed by atoms with van der Waals surface area (Å²) in [6, 6.07) is 10.9. The highest BCUT2D eigenvalue weighted by Gasteiger charge is 2.24. The standard InChI is InChI=1S/C20H21ClN2O3/c1-25-19-6-3-14(10-20(19)26-2)18-9-13(7-8-23(18)12-24)16-11-15(21)4-5-17(16)22/h3-6,9-12,18H,7-8,22H2,1-2H3. The van der Waals surface area contributed by atoms with Gasteiger partial charge in [-0.15, -0.1) is 0 Å². The van der Waals surface area contributed by atoms with Crippen LogP contribution in [0.4, 0.5) is 5.69 Å². The third kappa shape index (κ3) is 3.48. The van der Waals surface area contributed by atoms with Gasteiger partial charge in [0.15, 0.2) is 11.5 Å². The van der Waals surface area contributed by atoms with Gasteiger partial charge < -0.3 is 20.1 Å². The first-order valence-corrected chi connectivity index (χ1v) is 8.64. The molecule has 0 saturated heterocycles. The number of nitrogens with zero attached hydrogens (tertiary/aromatic N) is 1. The van der Waals surface area contributed by atoms with Crippen molar-refractivity contribution in [2.75, 3.05) is 26.5 Å². The molecule has 1 amide bonds. The molecular weight excluding hydrogens is 352 g/mol. The topological polar surface area (TPSA) is 64.8 Å². The second-order valence-corrected chi connectivity index (χ2v) is 6.51. The van der Waals surface area contributed by atoms with Crippen LogP contribution in [0, 0.1) is 0 Å². The average molecular weight is 373 g/mol. The number of methoxy groups -OCH3 is 2. The van der Waals surface area contributed by atoms with E-state index in [1.165, 1.54) is 0 Å². The first-order chi connectivity index (χ1) is 12.6. The number of nitrogen functional groups attached to an aromatic ring is 1. The SMILES string of the molecule is COc1ccc(C2C=C(c3cc(Cl)ccc3N)CCN2C=O)cc1OC. The van der Waals surface area contributed by atoms with E-state index in [1.54, 1.807) is 31.3 Å². The largest absolute Gasteiger partial charge is 0.493 e. The first-order valence-electron chi connectivity index (χ1n) is 8.26.